The van der Waals surface area contributed by atoms with Crippen LogP contribution in [0.25, 0.3) is 0 Å². The molecule has 1 aliphatic rings. The number of benzene rings is 1. The van der Waals surface area contributed by atoms with Gasteiger partial charge in [-0.3, -0.25) is 14.5 Å². The number of hydrogen-bond donors (Lipinski definition) is 2. The van der Waals surface area contributed by atoms with Crippen LogP contribution in [0, 0.1) is 0 Å². The minimum Gasteiger partial charge on any atom is -0.496 e. The van der Waals surface area contributed by atoms with Gasteiger partial charge in [0.25, 0.3) is 0 Å². The Morgan fingerprint density at radius 1 is 1.39 bits per heavy atom. The van der Waals surface area contributed by atoms with Crippen molar-refractivity contribution >= 4 is 11.8 Å². The van der Waals surface area contributed by atoms with E-state index in [4.69, 9.17) is 4.74 Å². The van der Waals surface area contributed by atoms with E-state index in [9.17, 15) is 9.59 Å². The van der Waals surface area contributed by atoms with Crippen molar-refractivity contribution in [3.63, 3.8) is 0 Å². The summed E-state index contributed by atoms with van der Waals surface area (Å²) in [4.78, 5) is 30.8. The zero-order valence-electron chi connectivity index (χ0n) is 16.1. The number of amides is 2. The number of methoxy groups -OCH3 is 1. The first-order valence-corrected chi connectivity index (χ1v) is 9.53. The van der Waals surface area contributed by atoms with Crippen molar-refractivity contribution < 1.29 is 14.3 Å². The maximum Gasteiger partial charge on any atom is 0.237 e. The maximum atomic E-state index is 12.4. The lowest BCUT2D eigenvalue weighted by Crippen LogP contribution is -2.56. The zero-order chi connectivity index (χ0) is 19.8. The number of carbonyl (C=O) groups is 2. The summed E-state index contributed by atoms with van der Waals surface area (Å²) in [5, 5.41) is 5.78. The first-order valence-electron chi connectivity index (χ1n) is 9.53. The molecule has 0 radical (unpaired) electrons. The first-order chi connectivity index (χ1) is 13.7. The largest absolute Gasteiger partial charge is 0.496 e. The fourth-order valence-corrected chi connectivity index (χ4v) is 3.38. The minimum absolute atomic E-state index is 0.102. The van der Waals surface area contributed by atoms with Gasteiger partial charge >= 0.3 is 0 Å². The summed E-state index contributed by atoms with van der Waals surface area (Å²) in [5.41, 5.74) is 1.01. The molecule has 150 valence electrons. The van der Waals surface area contributed by atoms with E-state index in [2.05, 4.69) is 15.6 Å². The molecule has 1 aromatic carbocycles. The molecule has 1 aliphatic heterocycles. The van der Waals surface area contributed by atoms with Crippen LogP contribution >= 0.6 is 0 Å². The summed E-state index contributed by atoms with van der Waals surface area (Å²) in [6, 6.07) is 7.27. The average Bonchev–Trinajstić information content (AvgIpc) is 3.22. The monoisotopic (exact) mass is 385 g/mol. The molecular weight excluding hydrogens is 358 g/mol. The van der Waals surface area contributed by atoms with Gasteiger partial charge in [-0.15, -0.1) is 0 Å². The molecule has 0 aliphatic carbocycles. The van der Waals surface area contributed by atoms with E-state index in [1.54, 1.807) is 19.6 Å². The molecule has 8 heteroatoms. The van der Waals surface area contributed by atoms with Crippen molar-refractivity contribution in [2.75, 3.05) is 26.7 Å². The number of imidazole rings is 1. The van der Waals surface area contributed by atoms with Gasteiger partial charge in [-0.1, -0.05) is 18.2 Å². The number of rotatable bonds is 9. The summed E-state index contributed by atoms with van der Waals surface area (Å²) >= 11 is 0. The molecule has 1 saturated heterocycles. The predicted molar refractivity (Wildman–Crippen MR) is 105 cm³/mol. The van der Waals surface area contributed by atoms with E-state index in [0.29, 0.717) is 26.2 Å². The second-order valence-electron chi connectivity index (χ2n) is 6.80. The zero-order valence-corrected chi connectivity index (χ0v) is 16.1. The third-order valence-corrected chi connectivity index (χ3v) is 4.86. The smallest absolute Gasteiger partial charge is 0.237 e. The quantitative estimate of drug-likeness (QED) is 0.623. The number of piperazine rings is 1. The first kappa shape index (κ1) is 19.9. The summed E-state index contributed by atoms with van der Waals surface area (Å²) in [6.45, 7) is 3.21. The molecule has 1 unspecified atom stereocenters. The van der Waals surface area contributed by atoms with Crippen LogP contribution in [-0.2, 0) is 22.7 Å². The Balaban J connectivity index is 1.53. The maximum absolute atomic E-state index is 12.4. The van der Waals surface area contributed by atoms with Gasteiger partial charge in [0.1, 0.15) is 5.75 Å². The highest BCUT2D eigenvalue weighted by molar-refractivity contribution is 5.88. The molecule has 1 atom stereocenters. The highest BCUT2D eigenvalue weighted by Crippen LogP contribution is 2.21. The number of carbonyl (C=O) groups excluding carboxylic acids is 2. The van der Waals surface area contributed by atoms with Crippen LogP contribution in [0.2, 0.25) is 0 Å². The molecule has 1 fully saturated rings. The second-order valence-corrected chi connectivity index (χ2v) is 6.80. The van der Waals surface area contributed by atoms with Gasteiger partial charge in [-0.2, -0.15) is 0 Å². The summed E-state index contributed by atoms with van der Waals surface area (Å²) in [7, 11) is 1.64. The normalized spacial score (nSPS) is 17.2. The Labute approximate surface area is 164 Å². The topological polar surface area (TPSA) is 88.5 Å². The Hall–Kier alpha value is -2.87. The number of ether oxygens (including phenoxy) is 1. The van der Waals surface area contributed by atoms with Crippen LogP contribution in [-0.4, -0.2) is 59.1 Å². The van der Waals surface area contributed by atoms with E-state index in [1.807, 2.05) is 39.9 Å². The molecule has 0 spiro atoms. The average molecular weight is 385 g/mol. The summed E-state index contributed by atoms with van der Waals surface area (Å²) in [5.74, 6) is 0.573. The molecule has 2 N–H and O–H groups in total. The summed E-state index contributed by atoms with van der Waals surface area (Å²) in [6.07, 6.45) is 6.33. The fourth-order valence-electron chi connectivity index (χ4n) is 3.38. The lowest BCUT2D eigenvalue weighted by Gasteiger charge is -2.35. The molecule has 0 bridgehead atoms. The van der Waals surface area contributed by atoms with Crippen LogP contribution in [0.15, 0.2) is 43.0 Å². The molecule has 2 amide bonds. The van der Waals surface area contributed by atoms with Gasteiger partial charge in [0.15, 0.2) is 0 Å². The number of hydrogen-bond acceptors (Lipinski definition) is 5. The Bertz CT molecular complexity index is 778. The molecular formula is C20H27N5O3. The Morgan fingerprint density at radius 2 is 2.25 bits per heavy atom. The minimum atomic E-state index is -0.479. The van der Waals surface area contributed by atoms with Crippen molar-refractivity contribution in [1.82, 2.24) is 25.1 Å². The van der Waals surface area contributed by atoms with Crippen LogP contribution in [0.1, 0.15) is 18.4 Å². The number of para-hydroxylation sites is 1. The number of nitrogens with one attached hydrogen (secondary N) is 2. The van der Waals surface area contributed by atoms with Crippen LogP contribution in [0.4, 0.5) is 0 Å². The van der Waals surface area contributed by atoms with Gasteiger partial charge < -0.3 is 19.9 Å². The third kappa shape index (κ3) is 5.32. The molecule has 8 nitrogen and oxygen atoms in total. The second kappa shape index (κ2) is 9.89. The SMILES string of the molecule is COc1ccccc1CN1CCNC(=O)C1CC(=O)NCCCn1ccnc1. The summed E-state index contributed by atoms with van der Waals surface area (Å²) < 4.78 is 7.38. The van der Waals surface area contributed by atoms with Crippen molar-refractivity contribution in [3.05, 3.63) is 48.5 Å². The van der Waals surface area contributed by atoms with Crippen LogP contribution in [0.3, 0.4) is 0 Å². The number of aryl methyl sites for hydroxylation is 1. The van der Waals surface area contributed by atoms with E-state index in [1.165, 1.54) is 0 Å². The molecule has 2 heterocycles. The number of nitrogens with zero attached hydrogens (tertiary/aromatic N) is 3. The lowest BCUT2D eigenvalue weighted by atomic mass is 10.1. The molecule has 3 rings (SSSR count). The molecule has 2 aromatic rings. The number of aromatic nitrogens is 2. The van der Waals surface area contributed by atoms with Gasteiger partial charge in [-0.05, 0) is 12.5 Å². The van der Waals surface area contributed by atoms with Crippen LogP contribution in [0.5, 0.6) is 5.75 Å². The Kier molecular flexibility index (Phi) is 7.02. The van der Waals surface area contributed by atoms with Gasteiger partial charge in [0.05, 0.1) is 25.9 Å². The highest BCUT2D eigenvalue weighted by atomic mass is 16.5. The van der Waals surface area contributed by atoms with E-state index < -0.39 is 6.04 Å². The molecule has 28 heavy (non-hydrogen) atoms. The van der Waals surface area contributed by atoms with E-state index in [-0.39, 0.29) is 18.2 Å². The molecule has 1 aromatic heterocycles. The van der Waals surface area contributed by atoms with E-state index >= 15 is 0 Å². The lowest BCUT2D eigenvalue weighted by molar-refractivity contribution is -0.134. The highest BCUT2D eigenvalue weighted by Gasteiger charge is 2.31. The van der Waals surface area contributed by atoms with Crippen molar-refractivity contribution in [3.8, 4) is 5.75 Å². The van der Waals surface area contributed by atoms with Crippen LogP contribution < -0.4 is 15.4 Å². The van der Waals surface area contributed by atoms with Gasteiger partial charge in [0, 0.05) is 50.7 Å². The Morgan fingerprint density at radius 3 is 3.04 bits per heavy atom. The standard InChI is InChI=1S/C20H27N5O3/c1-28-18-6-3-2-5-16(18)14-25-12-9-23-20(27)17(25)13-19(26)22-7-4-10-24-11-8-21-15-24/h2-3,5-6,8,11,15,17H,4,7,9-10,12-14H2,1H3,(H,22,26)(H,23,27). The third-order valence-electron chi connectivity index (χ3n) is 4.86. The van der Waals surface area contributed by atoms with Crippen molar-refractivity contribution in [2.45, 2.75) is 32.0 Å². The van der Waals surface area contributed by atoms with Gasteiger partial charge in [-0.25, -0.2) is 4.98 Å². The fraction of sp³-hybridized carbons (Fsp3) is 0.450. The molecule has 0 saturated carbocycles. The van der Waals surface area contributed by atoms with E-state index in [0.717, 1.165) is 24.3 Å². The van der Waals surface area contributed by atoms with Crippen molar-refractivity contribution in [2.24, 2.45) is 0 Å². The van der Waals surface area contributed by atoms with Crippen molar-refractivity contribution in [1.29, 1.82) is 0 Å². The van der Waals surface area contributed by atoms with Gasteiger partial charge in [0.2, 0.25) is 11.8 Å². The predicted octanol–water partition coefficient (Wildman–Crippen LogP) is 0.789.